The van der Waals surface area contributed by atoms with E-state index in [1.165, 1.54) is 0 Å². The summed E-state index contributed by atoms with van der Waals surface area (Å²) in [5.74, 6) is -0.332. The van der Waals surface area contributed by atoms with Crippen LogP contribution < -0.4 is 10.6 Å². The number of hydrogen-bond donors (Lipinski definition) is 2. The molecule has 0 spiro atoms. The molecule has 2 amide bonds. The van der Waals surface area contributed by atoms with Crippen LogP contribution in [0, 0.1) is 6.92 Å². The van der Waals surface area contributed by atoms with Crippen molar-refractivity contribution >= 4 is 17.7 Å². The standard InChI is InChI=1S/C14H21N3O3/c1-9-6-7-11(8-15-9)17-12(18)10(2)16-13(19)20-14(3,4)5/h6-8,10H,1-5H3,(H,16,19)(H,17,18). The summed E-state index contributed by atoms with van der Waals surface area (Å²) in [6.07, 6.45) is 0.940. The zero-order valence-corrected chi connectivity index (χ0v) is 12.5. The molecular formula is C14H21N3O3. The Bertz CT molecular complexity index is 477. The van der Waals surface area contributed by atoms with Crippen molar-refractivity contribution in [2.24, 2.45) is 0 Å². The first-order chi connectivity index (χ1) is 9.17. The number of nitrogens with zero attached hydrogens (tertiary/aromatic N) is 1. The van der Waals surface area contributed by atoms with Crippen LogP contribution in [0.2, 0.25) is 0 Å². The second kappa shape index (κ2) is 6.36. The molecule has 0 aliphatic carbocycles. The van der Waals surface area contributed by atoms with Crippen LogP contribution in [0.1, 0.15) is 33.4 Å². The lowest BCUT2D eigenvalue weighted by Crippen LogP contribution is -2.43. The van der Waals surface area contributed by atoms with E-state index in [9.17, 15) is 9.59 Å². The third-order valence-corrected chi connectivity index (χ3v) is 2.31. The molecule has 6 heteroatoms. The summed E-state index contributed by atoms with van der Waals surface area (Å²) in [6, 6.07) is 2.84. The van der Waals surface area contributed by atoms with Crippen molar-refractivity contribution in [3.8, 4) is 0 Å². The number of amides is 2. The third kappa shape index (κ3) is 5.69. The smallest absolute Gasteiger partial charge is 0.408 e. The molecule has 6 nitrogen and oxygen atoms in total. The quantitative estimate of drug-likeness (QED) is 0.889. The Morgan fingerprint density at radius 3 is 2.45 bits per heavy atom. The highest BCUT2D eigenvalue weighted by Gasteiger charge is 2.21. The summed E-state index contributed by atoms with van der Waals surface area (Å²) >= 11 is 0. The zero-order chi connectivity index (χ0) is 15.3. The van der Waals surface area contributed by atoms with E-state index in [4.69, 9.17) is 4.74 Å². The number of carbonyl (C=O) groups excluding carboxylic acids is 2. The molecule has 1 aromatic heterocycles. The molecule has 2 N–H and O–H groups in total. The summed E-state index contributed by atoms with van der Waals surface area (Å²) in [5.41, 5.74) is 0.850. The normalized spacial score (nSPS) is 12.4. The van der Waals surface area contributed by atoms with Crippen LogP contribution in [0.25, 0.3) is 0 Å². The van der Waals surface area contributed by atoms with E-state index in [0.29, 0.717) is 5.69 Å². The fourth-order valence-corrected chi connectivity index (χ4v) is 1.34. The molecule has 20 heavy (non-hydrogen) atoms. The van der Waals surface area contributed by atoms with Crippen molar-refractivity contribution in [2.45, 2.75) is 46.3 Å². The Morgan fingerprint density at radius 1 is 1.30 bits per heavy atom. The maximum absolute atomic E-state index is 11.9. The summed E-state index contributed by atoms with van der Waals surface area (Å²) in [7, 11) is 0. The Balaban J connectivity index is 2.51. The minimum absolute atomic E-state index is 0.332. The number of rotatable bonds is 3. The highest BCUT2D eigenvalue weighted by Crippen LogP contribution is 2.08. The van der Waals surface area contributed by atoms with Gasteiger partial charge in [-0.25, -0.2) is 4.79 Å². The van der Waals surface area contributed by atoms with Gasteiger partial charge in [-0.05, 0) is 46.8 Å². The van der Waals surface area contributed by atoms with Gasteiger partial charge in [0.15, 0.2) is 0 Å². The first kappa shape index (κ1) is 15.9. The fourth-order valence-electron chi connectivity index (χ4n) is 1.34. The number of carbonyl (C=O) groups is 2. The lowest BCUT2D eigenvalue weighted by Gasteiger charge is -2.21. The van der Waals surface area contributed by atoms with Gasteiger partial charge in [-0.2, -0.15) is 0 Å². The minimum atomic E-state index is -0.703. The molecule has 1 rings (SSSR count). The molecule has 0 aliphatic rings. The van der Waals surface area contributed by atoms with Crippen LogP contribution in [0.4, 0.5) is 10.5 Å². The van der Waals surface area contributed by atoms with Crippen LogP contribution in [0.15, 0.2) is 18.3 Å². The van der Waals surface area contributed by atoms with E-state index >= 15 is 0 Å². The van der Waals surface area contributed by atoms with E-state index in [1.807, 2.05) is 6.92 Å². The number of pyridine rings is 1. The Hall–Kier alpha value is -2.11. The van der Waals surface area contributed by atoms with Crippen LogP contribution in [-0.4, -0.2) is 28.6 Å². The van der Waals surface area contributed by atoms with Crippen molar-refractivity contribution in [3.05, 3.63) is 24.0 Å². The van der Waals surface area contributed by atoms with Gasteiger partial charge < -0.3 is 15.4 Å². The van der Waals surface area contributed by atoms with Crippen molar-refractivity contribution in [1.82, 2.24) is 10.3 Å². The molecule has 0 radical (unpaired) electrons. The van der Waals surface area contributed by atoms with Crippen molar-refractivity contribution in [2.75, 3.05) is 5.32 Å². The maximum Gasteiger partial charge on any atom is 0.408 e. The molecule has 0 fully saturated rings. The van der Waals surface area contributed by atoms with Gasteiger partial charge in [0, 0.05) is 5.69 Å². The lowest BCUT2D eigenvalue weighted by atomic mass is 10.2. The largest absolute Gasteiger partial charge is 0.444 e. The molecule has 1 unspecified atom stereocenters. The van der Waals surface area contributed by atoms with Crippen LogP contribution in [-0.2, 0) is 9.53 Å². The van der Waals surface area contributed by atoms with Gasteiger partial charge in [0.1, 0.15) is 11.6 Å². The number of aryl methyl sites for hydroxylation is 1. The Labute approximate surface area is 118 Å². The molecule has 0 bridgehead atoms. The third-order valence-electron chi connectivity index (χ3n) is 2.31. The number of aromatic nitrogens is 1. The summed E-state index contributed by atoms with van der Waals surface area (Å²) in [6.45, 7) is 8.72. The van der Waals surface area contributed by atoms with E-state index in [2.05, 4.69) is 15.6 Å². The first-order valence-corrected chi connectivity index (χ1v) is 6.40. The van der Waals surface area contributed by atoms with Gasteiger partial charge in [-0.3, -0.25) is 9.78 Å². The fraction of sp³-hybridized carbons (Fsp3) is 0.500. The van der Waals surface area contributed by atoms with Gasteiger partial charge in [-0.15, -0.1) is 0 Å². The Kier molecular flexibility index (Phi) is 5.07. The molecular weight excluding hydrogens is 258 g/mol. The molecule has 0 aromatic carbocycles. The van der Waals surface area contributed by atoms with Gasteiger partial charge in [0.05, 0.1) is 11.9 Å². The van der Waals surface area contributed by atoms with Crippen molar-refractivity contribution < 1.29 is 14.3 Å². The average Bonchev–Trinajstić information content (AvgIpc) is 2.29. The summed E-state index contributed by atoms with van der Waals surface area (Å²) in [5, 5.41) is 5.14. The zero-order valence-electron chi connectivity index (χ0n) is 12.5. The average molecular weight is 279 g/mol. The second-order valence-corrected chi connectivity index (χ2v) is 5.55. The second-order valence-electron chi connectivity index (χ2n) is 5.55. The van der Waals surface area contributed by atoms with Gasteiger partial charge in [-0.1, -0.05) is 0 Å². The topological polar surface area (TPSA) is 80.3 Å². The number of ether oxygens (including phenoxy) is 1. The molecule has 0 aliphatic heterocycles. The molecule has 1 aromatic rings. The maximum atomic E-state index is 11.9. The van der Waals surface area contributed by atoms with Crippen molar-refractivity contribution in [1.29, 1.82) is 0 Å². The monoisotopic (exact) mass is 279 g/mol. The highest BCUT2D eigenvalue weighted by molar-refractivity contribution is 5.96. The molecule has 110 valence electrons. The van der Waals surface area contributed by atoms with Crippen LogP contribution in [0.5, 0.6) is 0 Å². The van der Waals surface area contributed by atoms with Crippen molar-refractivity contribution in [3.63, 3.8) is 0 Å². The van der Waals surface area contributed by atoms with Crippen LogP contribution >= 0.6 is 0 Å². The summed E-state index contributed by atoms with van der Waals surface area (Å²) < 4.78 is 5.08. The van der Waals surface area contributed by atoms with Gasteiger partial charge in [0.25, 0.3) is 0 Å². The highest BCUT2D eigenvalue weighted by atomic mass is 16.6. The SMILES string of the molecule is Cc1ccc(NC(=O)C(C)NC(=O)OC(C)(C)C)cn1. The number of alkyl carbamates (subject to hydrolysis) is 1. The number of anilines is 1. The van der Waals surface area contributed by atoms with E-state index in [-0.39, 0.29) is 5.91 Å². The van der Waals surface area contributed by atoms with Gasteiger partial charge >= 0.3 is 6.09 Å². The van der Waals surface area contributed by atoms with E-state index in [1.54, 1.807) is 46.0 Å². The first-order valence-electron chi connectivity index (χ1n) is 6.40. The number of hydrogen-bond acceptors (Lipinski definition) is 4. The number of nitrogens with one attached hydrogen (secondary N) is 2. The molecule has 0 saturated heterocycles. The molecule has 1 atom stereocenters. The minimum Gasteiger partial charge on any atom is -0.444 e. The molecule has 1 heterocycles. The summed E-state index contributed by atoms with van der Waals surface area (Å²) in [4.78, 5) is 27.5. The predicted molar refractivity (Wildman–Crippen MR) is 76.4 cm³/mol. The lowest BCUT2D eigenvalue weighted by molar-refractivity contribution is -0.117. The Morgan fingerprint density at radius 2 is 1.95 bits per heavy atom. The predicted octanol–water partition coefficient (Wildman–Crippen LogP) is 2.24. The van der Waals surface area contributed by atoms with E-state index in [0.717, 1.165) is 5.69 Å². The van der Waals surface area contributed by atoms with Gasteiger partial charge in [0.2, 0.25) is 5.91 Å². The molecule has 0 saturated carbocycles. The van der Waals surface area contributed by atoms with Crippen LogP contribution in [0.3, 0.4) is 0 Å². The van der Waals surface area contributed by atoms with E-state index < -0.39 is 17.7 Å².